The predicted octanol–water partition coefficient (Wildman–Crippen LogP) is 1.44. The van der Waals surface area contributed by atoms with Gasteiger partial charge in [0.05, 0.1) is 13.0 Å². The Morgan fingerprint density at radius 1 is 1.41 bits per heavy atom. The van der Waals surface area contributed by atoms with Crippen LogP contribution in [-0.4, -0.2) is 50.2 Å². The maximum absolute atomic E-state index is 12.0. The molecule has 102 valence electrons. The summed E-state index contributed by atoms with van der Waals surface area (Å²) in [6.45, 7) is 5.60. The van der Waals surface area contributed by atoms with Crippen molar-refractivity contribution in [1.82, 2.24) is 10.2 Å². The highest BCUT2D eigenvalue weighted by Crippen LogP contribution is 2.13. The van der Waals surface area contributed by atoms with E-state index in [2.05, 4.69) is 17.1 Å². The van der Waals surface area contributed by atoms with E-state index < -0.39 is 0 Å². The van der Waals surface area contributed by atoms with E-state index in [1.165, 1.54) is 0 Å². The normalized spacial score (nSPS) is 16.4. The molecule has 1 rings (SSSR count). The van der Waals surface area contributed by atoms with E-state index in [4.69, 9.17) is 4.74 Å². The van der Waals surface area contributed by atoms with Crippen LogP contribution in [0.4, 0.5) is 0 Å². The third kappa shape index (κ3) is 5.70. The molecule has 0 saturated carbocycles. The molecular weight excluding hydrogens is 240 g/mol. The lowest BCUT2D eigenvalue weighted by molar-refractivity contribution is -0.135. The Balaban J connectivity index is 0.00000256. The monoisotopic (exact) mass is 264 g/mol. The van der Waals surface area contributed by atoms with Crippen molar-refractivity contribution < 1.29 is 9.53 Å². The molecule has 0 radical (unpaired) electrons. The minimum absolute atomic E-state index is 0. The fourth-order valence-electron chi connectivity index (χ4n) is 2.20. The van der Waals surface area contributed by atoms with Crippen molar-refractivity contribution in [3.05, 3.63) is 0 Å². The topological polar surface area (TPSA) is 41.6 Å². The van der Waals surface area contributed by atoms with E-state index in [1.54, 1.807) is 7.11 Å². The first-order valence-electron chi connectivity index (χ1n) is 6.28. The highest BCUT2D eigenvalue weighted by Gasteiger charge is 2.23. The Bertz CT molecular complexity index is 209. The zero-order valence-electron chi connectivity index (χ0n) is 10.9. The van der Waals surface area contributed by atoms with Gasteiger partial charge in [0, 0.05) is 19.7 Å². The molecule has 0 aromatic heterocycles. The number of halogens is 1. The highest BCUT2D eigenvalue weighted by atomic mass is 35.5. The van der Waals surface area contributed by atoms with Gasteiger partial charge in [-0.15, -0.1) is 12.4 Å². The summed E-state index contributed by atoms with van der Waals surface area (Å²) in [5.41, 5.74) is 0. The predicted molar refractivity (Wildman–Crippen MR) is 71.6 cm³/mol. The minimum Gasteiger partial charge on any atom is -0.384 e. The van der Waals surface area contributed by atoms with Crippen molar-refractivity contribution in [2.75, 3.05) is 33.4 Å². The van der Waals surface area contributed by atoms with Crippen molar-refractivity contribution >= 4 is 18.3 Å². The van der Waals surface area contributed by atoms with Crippen molar-refractivity contribution in [2.45, 2.75) is 38.6 Å². The molecule has 1 aliphatic rings. The number of hydrogen-bond acceptors (Lipinski definition) is 3. The number of nitrogens with zero attached hydrogens (tertiary/aromatic N) is 1. The van der Waals surface area contributed by atoms with E-state index in [9.17, 15) is 4.79 Å². The van der Waals surface area contributed by atoms with Crippen LogP contribution in [0.3, 0.4) is 0 Å². The first-order chi connectivity index (χ1) is 7.79. The molecule has 17 heavy (non-hydrogen) atoms. The van der Waals surface area contributed by atoms with E-state index >= 15 is 0 Å². The van der Waals surface area contributed by atoms with Crippen molar-refractivity contribution in [3.63, 3.8) is 0 Å². The van der Waals surface area contributed by atoms with E-state index in [0.717, 1.165) is 38.9 Å². The smallest absolute Gasteiger partial charge is 0.225 e. The third-order valence-electron chi connectivity index (χ3n) is 3.05. The maximum Gasteiger partial charge on any atom is 0.225 e. The van der Waals surface area contributed by atoms with Gasteiger partial charge in [-0.05, 0) is 32.4 Å². The molecule has 0 aliphatic carbocycles. The number of amides is 1. The summed E-state index contributed by atoms with van der Waals surface area (Å²) < 4.78 is 4.97. The van der Waals surface area contributed by atoms with E-state index in [0.29, 0.717) is 19.1 Å². The molecule has 1 aliphatic heterocycles. The van der Waals surface area contributed by atoms with Crippen LogP contribution >= 0.6 is 12.4 Å². The van der Waals surface area contributed by atoms with Crippen LogP contribution < -0.4 is 5.32 Å². The number of carbonyl (C=O) groups is 1. The molecular formula is C12H25ClN2O2. The van der Waals surface area contributed by atoms with Crippen LogP contribution in [-0.2, 0) is 9.53 Å². The number of rotatable bonds is 6. The van der Waals surface area contributed by atoms with Gasteiger partial charge in [0.25, 0.3) is 0 Å². The third-order valence-corrected chi connectivity index (χ3v) is 3.05. The molecule has 0 spiro atoms. The zero-order chi connectivity index (χ0) is 11.8. The van der Waals surface area contributed by atoms with Gasteiger partial charge >= 0.3 is 0 Å². The summed E-state index contributed by atoms with van der Waals surface area (Å²) >= 11 is 0. The lowest BCUT2D eigenvalue weighted by Crippen LogP contribution is -2.46. The first-order valence-corrected chi connectivity index (χ1v) is 6.28. The summed E-state index contributed by atoms with van der Waals surface area (Å²) in [5, 5.41) is 3.33. The molecule has 5 heteroatoms. The van der Waals surface area contributed by atoms with Gasteiger partial charge in [0.1, 0.15) is 0 Å². The summed E-state index contributed by atoms with van der Waals surface area (Å²) in [6.07, 6.45) is 3.71. The maximum atomic E-state index is 12.0. The Kier molecular flexibility index (Phi) is 9.50. The van der Waals surface area contributed by atoms with Gasteiger partial charge in [0.2, 0.25) is 5.91 Å². The van der Waals surface area contributed by atoms with Crippen LogP contribution in [0.15, 0.2) is 0 Å². The first kappa shape index (κ1) is 16.7. The fourth-order valence-corrected chi connectivity index (χ4v) is 2.20. The Morgan fingerprint density at radius 2 is 2.06 bits per heavy atom. The van der Waals surface area contributed by atoms with Gasteiger partial charge in [-0.1, -0.05) is 6.92 Å². The number of piperidine rings is 1. The van der Waals surface area contributed by atoms with Crippen LogP contribution in [0.2, 0.25) is 0 Å². The molecule has 0 atom stereocenters. The molecule has 1 amide bonds. The quantitative estimate of drug-likeness (QED) is 0.789. The molecule has 1 saturated heterocycles. The van der Waals surface area contributed by atoms with Gasteiger partial charge in [-0.3, -0.25) is 4.79 Å². The standard InChI is InChI=1S/C12H24N2O2.ClH/c1-3-9-14(12(15)6-10-16-2)11-4-7-13-8-5-11;/h11,13H,3-10H2,1-2H3;1H. The molecule has 0 aromatic rings. The van der Waals surface area contributed by atoms with Crippen LogP contribution in [0.1, 0.15) is 32.6 Å². The molecule has 0 aromatic carbocycles. The van der Waals surface area contributed by atoms with Crippen molar-refractivity contribution in [3.8, 4) is 0 Å². The Labute approximate surface area is 110 Å². The molecule has 4 nitrogen and oxygen atoms in total. The Hall–Kier alpha value is -0.320. The minimum atomic E-state index is 0. The zero-order valence-corrected chi connectivity index (χ0v) is 11.7. The highest BCUT2D eigenvalue weighted by molar-refractivity contribution is 5.85. The summed E-state index contributed by atoms with van der Waals surface area (Å²) in [6, 6.07) is 0.436. The van der Waals surface area contributed by atoms with Crippen LogP contribution in [0, 0.1) is 0 Å². The number of carbonyl (C=O) groups excluding carboxylic acids is 1. The fraction of sp³-hybridized carbons (Fsp3) is 0.917. The summed E-state index contributed by atoms with van der Waals surface area (Å²) in [4.78, 5) is 14.1. The van der Waals surface area contributed by atoms with Crippen molar-refractivity contribution in [1.29, 1.82) is 0 Å². The van der Waals surface area contributed by atoms with E-state index in [-0.39, 0.29) is 18.3 Å². The van der Waals surface area contributed by atoms with Gasteiger partial charge < -0.3 is 15.0 Å². The second-order valence-corrected chi connectivity index (χ2v) is 4.31. The molecule has 1 N–H and O–H groups in total. The molecule has 1 fully saturated rings. The van der Waals surface area contributed by atoms with Crippen LogP contribution in [0.25, 0.3) is 0 Å². The van der Waals surface area contributed by atoms with Gasteiger partial charge in [-0.2, -0.15) is 0 Å². The molecule has 0 unspecified atom stereocenters. The average molecular weight is 265 g/mol. The van der Waals surface area contributed by atoms with E-state index in [1.807, 2.05) is 0 Å². The summed E-state index contributed by atoms with van der Waals surface area (Å²) in [7, 11) is 1.64. The SMILES string of the molecule is CCCN(C(=O)CCOC)C1CCNCC1.Cl. The average Bonchev–Trinajstić information content (AvgIpc) is 2.34. The second-order valence-electron chi connectivity index (χ2n) is 4.31. The molecule has 0 bridgehead atoms. The number of hydrogen-bond donors (Lipinski definition) is 1. The lowest BCUT2D eigenvalue weighted by Gasteiger charge is -2.34. The number of nitrogens with one attached hydrogen (secondary N) is 1. The van der Waals surface area contributed by atoms with Gasteiger partial charge in [-0.25, -0.2) is 0 Å². The molecule has 1 heterocycles. The lowest BCUT2D eigenvalue weighted by atomic mass is 10.0. The van der Waals surface area contributed by atoms with Crippen molar-refractivity contribution in [2.24, 2.45) is 0 Å². The Morgan fingerprint density at radius 3 is 2.59 bits per heavy atom. The summed E-state index contributed by atoms with van der Waals surface area (Å²) in [5.74, 6) is 0.246. The van der Waals surface area contributed by atoms with Gasteiger partial charge in [0.15, 0.2) is 0 Å². The second kappa shape index (κ2) is 9.68. The number of methoxy groups -OCH3 is 1. The largest absolute Gasteiger partial charge is 0.384 e. The number of ether oxygens (including phenoxy) is 1. The van der Waals surface area contributed by atoms with Crippen LogP contribution in [0.5, 0.6) is 0 Å².